The topological polar surface area (TPSA) is 76.2 Å². The Bertz CT molecular complexity index is 969. The number of methoxy groups -OCH3 is 2. The van der Waals surface area contributed by atoms with E-state index in [4.69, 9.17) is 9.47 Å². The van der Waals surface area contributed by atoms with Gasteiger partial charge in [0.15, 0.2) is 11.5 Å². The summed E-state index contributed by atoms with van der Waals surface area (Å²) >= 11 is 1.56. The first-order valence-corrected chi connectivity index (χ1v) is 10.6. The lowest BCUT2D eigenvalue weighted by atomic mass is 10.0. The fourth-order valence-corrected chi connectivity index (χ4v) is 4.02. The van der Waals surface area contributed by atoms with Crippen molar-refractivity contribution in [1.29, 1.82) is 0 Å². The zero-order valence-electron chi connectivity index (χ0n) is 17.4. The summed E-state index contributed by atoms with van der Waals surface area (Å²) in [6.07, 6.45) is 0. The number of hydrogen-bond donors (Lipinski definition) is 2. The highest BCUT2D eigenvalue weighted by Gasteiger charge is 2.18. The third-order valence-electron chi connectivity index (χ3n) is 4.87. The van der Waals surface area contributed by atoms with E-state index in [9.17, 15) is 4.79 Å². The number of benzene rings is 2. The van der Waals surface area contributed by atoms with Gasteiger partial charge in [0.1, 0.15) is 5.82 Å². The summed E-state index contributed by atoms with van der Waals surface area (Å²) in [6.45, 7) is 6.02. The molecule has 0 fully saturated rings. The van der Waals surface area contributed by atoms with Crippen molar-refractivity contribution in [2.75, 3.05) is 20.0 Å². The number of rotatable bonds is 8. The third-order valence-corrected chi connectivity index (χ3v) is 6.03. The first-order chi connectivity index (χ1) is 13.9. The monoisotopic (exact) mass is 413 g/mol. The van der Waals surface area contributed by atoms with Crippen LogP contribution < -0.4 is 14.8 Å². The molecular weight excluding hydrogens is 386 g/mol. The lowest BCUT2D eigenvalue weighted by molar-refractivity contribution is -0.119. The van der Waals surface area contributed by atoms with E-state index in [1.807, 2.05) is 50.2 Å². The molecule has 2 N–H and O–H groups in total. The number of nitrogens with zero attached hydrogens (tertiary/aromatic N) is 1. The van der Waals surface area contributed by atoms with Gasteiger partial charge in [0, 0.05) is 0 Å². The Hall–Kier alpha value is -2.67. The van der Waals surface area contributed by atoms with Crippen LogP contribution in [0.4, 0.5) is 0 Å². The molecule has 0 bridgehead atoms. The van der Waals surface area contributed by atoms with Gasteiger partial charge in [0.05, 0.1) is 42.3 Å². The highest BCUT2D eigenvalue weighted by Crippen LogP contribution is 2.33. The predicted octanol–water partition coefficient (Wildman–Crippen LogP) is 4.56. The molecule has 3 rings (SSSR count). The molecule has 0 saturated heterocycles. The van der Waals surface area contributed by atoms with Crippen LogP contribution in [0.15, 0.2) is 36.4 Å². The number of nitrogens with one attached hydrogen (secondary N) is 2. The summed E-state index contributed by atoms with van der Waals surface area (Å²) in [7, 11) is 3.22. The van der Waals surface area contributed by atoms with E-state index in [0.717, 1.165) is 28.0 Å². The van der Waals surface area contributed by atoms with Crippen molar-refractivity contribution in [3.63, 3.8) is 0 Å². The molecular formula is C22H27N3O3S. The van der Waals surface area contributed by atoms with Crippen LogP contribution >= 0.6 is 11.8 Å². The van der Waals surface area contributed by atoms with Gasteiger partial charge in [0.25, 0.3) is 0 Å². The number of carbonyl (C=O) groups excluding carboxylic acids is 1. The Balaban J connectivity index is 1.60. The third kappa shape index (κ3) is 4.85. The molecule has 6 nitrogen and oxygen atoms in total. The van der Waals surface area contributed by atoms with Crippen LogP contribution in [-0.2, 0) is 4.79 Å². The zero-order chi connectivity index (χ0) is 21.0. The molecule has 0 radical (unpaired) electrons. The van der Waals surface area contributed by atoms with Crippen LogP contribution in [0.3, 0.4) is 0 Å². The van der Waals surface area contributed by atoms with Gasteiger partial charge in [-0.3, -0.25) is 4.79 Å². The van der Waals surface area contributed by atoms with Crippen LogP contribution in [0, 0.1) is 6.92 Å². The molecule has 0 aliphatic heterocycles. The fraction of sp³-hybridized carbons (Fsp3) is 0.364. The number of imidazole rings is 1. The van der Waals surface area contributed by atoms with E-state index in [1.54, 1.807) is 26.0 Å². The lowest BCUT2D eigenvalue weighted by Crippen LogP contribution is -2.29. The summed E-state index contributed by atoms with van der Waals surface area (Å²) < 4.78 is 10.7. The van der Waals surface area contributed by atoms with Crippen molar-refractivity contribution in [2.45, 2.75) is 32.1 Å². The van der Waals surface area contributed by atoms with E-state index in [-0.39, 0.29) is 17.2 Å². The van der Waals surface area contributed by atoms with Gasteiger partial charge in [-0.25, -0.2) is 4.98 Å². The van der Waals surface area contributed by atoms with E-state index < -0.39 is 0 Å². The quantitative estimate of drug-likeness (QED) is 0.566. The second kappa shape index (κ2) is 9.22. The van der Waals surface area contributed by atoms with Crippen molar-refractivity contribution < 1.29 is 14.3 Å². The van der Waals surface area contributed by atoms with E-state index in [2.05, 4.69) is 22.2 Å². The van der Waals surface area contributed by atoms with Gasteiger partial charge in [-0.2, -0.15) is 0 Å². The maximum Gasteiger partial charge on any atom is 0.230 e. The first kappa shape index (κ1) is 21.0. The van der Waals surface area contributed by atoms with E-state index in [0.29, 0.717) is 17.3 Å². The van der Waals surface area contributed by atoms with Crippen LogP contribution in [0.1, 0.15) is 42.1 Å². The van der Waals surface area contributed by atoms with Crippen molar-refractivity contribution in [3.8, 4) is 11.5 Å². The van der Waals surface area contributed by atoms with Crippen LogP contribution in [-0.4, -0.2) is 35.8 Å². The lowest BCUT2D eigenvalue weighted by Gasteiger charge is -2.19. The zero-order valence-corrected chi connectivity index (χ0v) is 18.2. The maximum atomic E-state index is 12.5. The molecule has 29 heavy (non-hydrogen) atoms. The molecule has 0 saturated carbocycles. The van der Waals surface area contributed by atoms with Crippen LogP contribution in [0.5, 0.6) is 11.5 Å². The standard InChI is InChI=1S/C22H27N3O3S/c1-13-10-19(27-4)20(28-5)11-16(13)14(2)23-21(26)12-29-15(3)22-24-17-8-6-7-9-18(17)25-22/h6-11,14-15H,12H2,1-5H3,(H,23,26)(H,24,25). The van der Waals surface area contributed by atoms with E-state index in [1.165, 1.54) is 0 Å². The molecule has 2 unspecified atom stereocenters. The summed E-state index contributed by atoms with van der Waals surface area (Å²) in [6, 6.07) is 11.6. The molecule has 0 aliphatic rings. The average Bonchev–Trinajstić information content (AvgIpc) is 3.16. The van der Waals surface area contributed by atoms with Crippen molar-refractivity contribution in [3.05, 3.63) is 53.3 Å². The Morgan fingerprint density at radius 2 is 1.86 bits per heavy atom. The number of ether oxygens (including phenoxy) is 2. The molecule has 154 valence electrons. The van der Waals surface area contributed by atoms with Gasteiger partial charge in [0.2, 0.25) is 5.91 Å². The molecule has 2 aromatic carbocycles. The van der Waals surface area contributed by atoms with Gasteiger partial charge >= 0.3 is 0 Å². The van der Waals surface area contributed by atoms with Gasteiger partial charge in [-0.05, 0) is 56.2 Å². The Labute approximate surface area is 175 Å². The normalized spacial score (nSPS) is 13.1. The number of amides is 1. The minimum atomic E-state index is -0.135. The van der Waals surface area contributed by atoms with Crippen molar-refractivity contribution in [1.82, 2.24) is 15.3 Å². The molecule has 7 heteroatoms. The van der Waals surface area contributed by atoms with Gasteiger partial charge < -0.3 is 19.8 Å². The number of thioether (sulfide) groups is 1. The maximum absolute atomic E-state index is 12.5. The fourth-order valence-electron chi connectivity index (χ4n) is 3.27. The summed E-state index contributed by atoms with van der Waals surface area (Å²) in [5, 5.41) is 3.16. The number of aryl methyl sites for hydroxylation is 1. The first-order valence-electron chi connectivity index (χ1n) is 9.51. The number of fused-ring (bicyclic) bond motifs is 1. The SMILES string of the molecule is COc1cc(C)c(C(C)NC(=O)CSC(C)c2nc3ccccc3[nH]2)cc1OC. The highest BCUT2D eigenvalue weighted by atomic mass is 32.2. The molecule has 0 aliphatic carbocycles. The minimum absolute atomic E-state index is 0.0142. The Morgan fingerprint density at radius 1 is 1.17 bits per heavy atom. The molecule has 1 heterocycles. The van der Waals surface area contributed by atoms with Gasteiger partial charge in [-0.15, -0.1) is 11.8 Å². The van der Waals surface area contributed by atoms with Crippen molar-refractivity contribution in [2.24, 2.45) is 0 Å². The number of para-hydroxylation sites is 2. The second-order valence-electron chi connectivity index (χ2n) is 6.95. The molecule has 1 aromatic heterocycles. The number of hydrogen-bond acceptors (Lipinski definition) is 5. The predicted molar refractivity (Wildman–Crippen MR) is 118 cm³/mol. The number of aromatic amines is 1. The number of carbonyl (C=O) groups is 1. The highest BCUT2D eigenvalue weighted by molar-refractivity contribution is 8.00. The second-order valence-corrected chi connectivity index (χ2v) is 8.27. The summed E-state index contributed by atoms with van der Waals surface area (Å²) in [5.74, 6) is 2.56. The Morgan fingerprint density at radius 3 is 2.55 bits per heavy atom. The van der Waals surface area contributed by atoms with Crippen molar-refractivity contribution >= 4 is 28.7 Å². The molecule has 0 spiro atoms. The largest absolute Gasteiger partial charge is 0.493 e. The Kier molecular flexibility index (Phi) is 6.69. The van der Waals surface area contributed by atoms with Crippen LogP contribution in [0.25, 0.3) is 11.0 Å². The van der Waals surface area contributed by atoms with Crippen LogP contribution in [0.2, 0.25) is 0 Å². The molecule has 1 amide bonds. The average molecular weight is 414 g/mol. The smallest absolute Gasteiger partial charge is 0.230 e. The summed E-state index contributed by atoms with van der Waals surface area (Å²) in [5.41, 5.74) is 4.00. The number of aromatic nitrogens is 2. The molecule has 3 aromatic rings. The minimum Gasteiger partial charge on any atom is -0.493 e. The number of H-pyrrole nitrogens is 1. The summed E-state index contributed by atoms with van der Waals surface area (Å²) in [4.78, 5) is 20.4. The molecule has 2 atom stereocenters. The van der Waals surface area contributed by atoms with E-state index >= 15 is 0 Å². The van der Waals surface area contributed by atoms with Gasteiger partial charge in [-0.1, -0.05) is 12.1 Å².